The van der Waals surface area contributed by atoms with Crippen LogP contribution in [0, 0.1) is 0 Å². The maximum atomic E-state index is 11.0. The van der Waals surface area contributed by atoms with Gasteiger partial charge in [-0.05, 0) is 34.0 Å². The largest absolute Gasteiger partial charge is 0.298 e. The maximum Gasteiger partial charge on any atom is 0.151 e. The van der Waals surface area contributed by atoms with Gasteiger partial charge in [0.05, 0.1) is 0 Å². The third kappa shape index (κ3) is 2.24. The molecule has 2 nitrogen and oxygen atoms in total. The summed E-state index contributed by atoms with van der Waals surface area (Å²) in [4.78, 5) is 23.9. The quantitative estimate of drug-likeness (QED) is 0.650. The highest BCUT2D eigenvalue weighted by molar-refractivity contribution is 7.14. The molecule has 98 valence electrons. The fourth-order valence-corrected chi connectivity index (χ4v) is 3.82. The van der Waals surface area contributed by atoms with Crippen molar-refractivity contribution in [2.45, 2.75) is 0 Å². The fourth-order valence-electron chi connectivity index (χ4n) is 2.07. The number of rotatable bonds is 4. The Morgan fingerprint density at radius 1 is 0.650 bits per heavy atom. The minimum absolute atomic E-state index is 0.715. The second-order valence-electron chi connectivity index (χ2n) is 4.22. The molecule has 1 aromatic carbocycles. The second-order valence-corrected chi connectivity index (χ2v) is 6.06. The Kier molecular flexibility index (Phi) is 3.58. The fraction of sp³-hybridized carbons (Fsp3) is 0. The van der Waals surface area contributed by atoms with Crippen LogP contribution in [0.2, 0.25) is 0 Å². The molecule has 0 aliphatic rings. The molecule has 0 N–H and O–H groups in total. The molecule has 0 radical (unpaired) electrons. The highest BCUT2D eigenvalue weighted by Gasteiger charge is 2.09. The smallest absolute Gasteiger partial charge is 0.151 e. The number of aldehydes is 2. The first-order chi connectivity index (χ1) is 9.83. The van der Waals surface area contributed by atoms with Gasteiger partial charge in [-0.3, -0.25) is 9.59 Å². The number of hydrogen-bond acceptors (Lipinski definition) is 4. The lowest BCUT2D eigenvalue weighted by Gasteiger charge is -2.03. The molecular weight excluding hydrogens is 288 g/mol. The molecule has 0 spiro atoms. The van der Waals surface area contributed by atoms with E-state index in [1.807, 2.05) is 47.2 Å². The van der Waals surface area contributed by atoms with Crippen LogP contribution in [0.15, 0.2) is 47.2 Å². The van der Waals surface area contributed by atoms with E-state index in [-0.39, 0.29) is 0 Å². The van der Waals surface area contributed by atoms with Crippen molar-refractivity contribution in [1.82, 2.24) is 0 Å². The normalized spacial score (nSPS) is 10.4. The van der Waals surface area contributed by atoms with Crippen LogP contribution in [0.5, 0.6) is 0 Å². The Morgan fingerprint density at radius 3 is 1.40 bits per heavy atom. The first-order valence-corrected chi connectivity index (χ1v) is 7.75. The predicted octanol–water partition coefficient (Wildman–Crippen LogP) is 4.77. The van der Waals surface area contributed by atoms with Crippen LogP contribution in [0.4, 0.5) is 0 Å². The highest BCUT2D eigenvalue weighted by Crippen LogP contribution is 2.33. The summed E-state index contributed by atoms with van der Waals surface area (Å²) in [5, 5.41) is 3.83. The van der Waals surface area contributed by atoms with Crippen molar-refractivity contribution in [2.24, 2.45) is 0 Å². The summed E-state index contributed by atoms with van der Waals surface area (Å²) in [5.41, 5.74) is 3.48. The lowest BCUT2D eigenvalue weighted by molar-refractivity contribution is 0.111. The van der Waals surface area contributed by atoms with E-state index in [2.05, 4.69) is 0 Å². The van der Waals surface area contributed by atoms with Crippen molar-refractivity contribution in [3.05, 3.63) is 58.3 Å². The highest BCUT2D eigenvalue weighted by atomic mass is 32.1. The van der Waals surface area contributed by atoms with Crippen molar-refractivity contribution >= 4 is 35.2 Å². The average Bonchev–Trinajstić information content (AvgIpc) is 3.15. The van der Waals surface area contributed by atoms with Crippen molar-refractivity contribution in [2.75, 3.05) is 0 Å². The Balaban J connectivity index is 2.00. The summed E-state index contributed by atoms with van der Waals surface area (Å²) < 4.78 is 0. The lowest BCUT2D eigenvalue weighted by Crippen LogP contribution is -1.83. The van der Waals surface area contributed by atoms with E-state index >= 15 is 0 Å². The third-order valence-corrected chi connectivity index (χ3v) is 5.01. The molecular formula is C16H10O2S2. The molecule has 3 aromatic rings. The topological polar surface area (TPSA) is 34.1 Å². The van der Waals surface area contributed by atoms with Crippen LogP contribution in [-0.2, 0) is 0 Å². The number of benzene rings is 1. The van der Waals surface area contributed by atoms with Crippen molar-refractivity contribution < 1.29 is 9.59 Å². The van der Waals surface area contributed by atoms with E-state index in [4.69, 9.17) is 0 Å². The SMILES string of the molecule is O=Cc1ccsc1-c1ccc(-c2sccc2C=O)cc1. The molecule has 20 heavy (non-hydrogen) atoms. The van der Waals surface area contributed by atoms with E-state index in [0.29, 0.717) is 11.1 Å². The standard InChI is InChI=1S/C16H10O2S2/c17-9-13-5-7-19-15(13)11-1-2-12(4-3-11)16-14(10-18)6-8-20-16/h1-10H. The minimum atomic E-state index is 0.715. The predicted molar refractivity (Wildman–Crippen MR) is 83.8 cm³/mol. The molecule has 0 atom stereocenters. The van der Waals surface area contributed by atoms with Crippen LogP contribution >= 0.6 is 22.7 Å². The van der Waals surface area contributed by atoms with Gasteiger partial charge in [0.15, 0.2) is 12.6 Å². The van der Waals surface area contributed by atoms with Crippen LogP contribution < -0.4 is 0 Å². The second kappa shape index (κ2) is 5.53. The number of thiophene rings is 2. The first kappa shape index (κ1) is 13.0. The minimum Gasteiger partial charge on any atom is -0.298 e. The average molecular weight is 298 g/mol. The van der Waals surface area contributed by atoms with Gasteiger partial charge in [0.1, 0.15) is 0 Å². The molecule has 3 rings (SSSR count). The van der Waals surface area contributed by atoms with E-state index < -0.39 is 0 Å². The molecule has 0 unspecified atom stereocenters. The zero-order chi connectivity index (χ0) is 13.9. The van der Waals surface area contributed by atoms with Gasteiger partial charge in [-0.2, -0.15) is 0 Å². The molecule has 0 saturated carbocycles. The van der Waals surface area contributed by atoms with E-state index in [1.165, 1.54) is 0 Å². The van der Waals surface area contributed by atoms with Crippen LogP contribution in [-0.4, -0.2) is 12.6 Å². The van der Waals surface area contributed by atoms with Gasteiger partial charge in [0.2, 0.25) is 0 Å². The summed E-state index contributed by atoms with van der Waals surface area (Å²) in [7, 11) is 0. The number of carbonyl (C=O) groups is 2. The molecule has 2 heterocycles. The summed E-state index contributed by atoms with van der Waals surface area (Å²) in [5.74, 6) is 0. The number of hydrogen-bond donors (Lipinski definition) is 0. The Labute approximate surface area is 124 Å². The van der Waals surface area contributed by atoms with Crippen LogP contribution in [0.25, 0.3) is 20.9 Å². The molecule has 0 bridgehead atoms. The van der Waals surface area contributed by atoms with E-state index in [0.717, 1.165) is 33.5 Å². The summed E-state index contributed by atoms with van der Waals surface area (Å²) in [6.07, 6.45) is 1.76. The molecule has 0 fully saturated rings. The maximum absolute atomic E-state index is 11.0. The molecule has 2 aromatic heterocycles. The van der Waals surface area contributed by atoms with Crippen molar-refractivity contribution in [1.29, 1.82) is 0 Å². The summed E-state index contributed by atoms with van der Waals surface area (Å²) in [6.45, 7) is 0. The molecule has 4 heteroatoms. The van der Waals surface area contributed by atoms with Crippen LogP contribution in [0.1, 0.15) is 20.7 Å². The molecule has 0 amide bonds. The van der Waals surface area contributed by atoms with Gasteiger partial charge >= 0.3 is 0 Å². The lowest BCUT2D eigenvalue weighted by atomic mass is 10.1. The zero-order valence-corrected chi connectivity index (χ0v) is 12.0. The van der Waals surface area contributed by atoms with Gasteiger partial charge in [-0.15, -0.1) is 22.7 Å². The van der Waals surface area contributed by atoms with Crippen LogP contribution in [0.3, 0.4) is 0 Å². The third-order valence-electron chi connectivity index (χ3n) is 3.05. The van der Waals surface area contributed by atoms with Gasteiger partial charge in [-0.1, -0.05) is 24.3 Å². The first-order valence-electron chi connectivity index (χ1n) is 5.99. The Bertz CT molecular complexity index is 686. The van der Waals surface area contributed by atoms with Crippen molar-refractivity contribution in [3.8, 4) is 20.9 Å². The molecule has 0 aliphatic carbocycles. The summed E-state index contributed by atoms with van der Waals surface area (Å²) >= 11 is 3.11. The zero-order valence-electron chi connectivity index (χ0n) is 10.4. The Morgan fingerprint density at radius 2 is 1.05 bits per heavy atom. The van der Waals surface area contributed by atoms with Crippen molar-refractivity contribution in [3.63, 3.8) is 0 Å². The number of carbonyl (C=O) groups excluding carboxylic acids is 2. The Hall–Kier alpha value is -2.04. The molecule has 0 aliphatic heterocycles. The van der Waals surface area contributed by atoms with Gasteiger partial charge in [0.25, 0.3) is 0 Å². The van der Waals surface area contributed by atoms with Gasteiger partial charge in [0, 0.05) is 20.9 Å². The molecule has 0 saturated heterocycles. The summed E-state index contributed by atoms with van der Waals surface area (Å²) in [6, 6.07) is 11.6. The monoisotopic (exact) mass is 298 g/mol. The van der Waals surface area contributed by atoms with Gasteiger partial charge < -0.3 is 0 Å². The van der Waals surface area contributed by atoms with E-state index in [1.54, 1.807) is 22.7 Å². The van der Waals surface area contributed by atoms with Gasteiger partial charge in [-0.25, -0.2) is 0 Å². The van der Waals surface area contributed by atoms with E-state index in [9.17, 15) is 9.59 Å².